The second kappa shape index (κ2) is 5.69. The maximum atomic E-state index is 12.5. The van der Waals surface area contributed by atoms with E-state index in [4.69, 9.17) is 17.3 Å². The van der Waals surface area contributed by atoms with Gasteiger partial charge in [0.05, 0.1) is 5.69 Å². The van der Waals surface area contributed by atoms with E-state index in [1.165, 1.54) is 11.4 Å². The third-order valence-corrected chi connectivity index (χ3v) is 6.51. The van der Waals surface area contributed by atoms with Crippen LogP contribution in [0.15, 0.2) is 28.5 Å². The Morgan fingerprint density at radius 1 is 1.40 bits per heavy atom. The molecule has 0 fully saturated rings. The van der Waals surface area contributed by atoms with Crippen LogP contribution in [0.3, 0.4) is 0 Å². The van der Waals surface area contributed by atoms with Crippen molar-refractivity contribution in [2.45, 2.75) is 17.7 Å². The quantitative estimate of drug-likeness (QED) is 0.933. The zero-order chi connectivity index (χ0) is 14.9. The third-order valence-electron chi connectivity index (χ3n) is 2.77. The average molecular weight is 332 g/mol. The lowest BCUT2D eigenvalue weighted by Crippen LogP contribution is -2.26. The van der Waals surface area contributed by atoms with Crippen LogP contribution >= 0.6 is 22.9 Å². The van der Waals surface area contributed by atoms with Gasteiger partial charge in [-0.15, -0.1) is 0 Å². The van der Waals surface area contributed by atoms with E-state index in [1.54, 1.807) is 25.1 Å². The van der Waals surface area contributed by atoms with E-state index in [1.807, 2.05) is 6.07 Å². The Hall–Kier alpha value is -1.15. The van der Waals surface area contributed by atoms with Gasteiger partial charge >= 0.3 is 0 Å². The number of sulfonamides is 1. The number of thiazole rings is 1. The number of benzene rings is 1. The first-order chi connectivity index (χ1) is 9.32. The molecule has 0 aliphatic carbocycles. The van der Waals surface area contributed by atoms with Gasteiger partial charge in [-0.05, 0) is 18.6 Å². The Balaban J connectivity index is 2.31. The van der Waals surface area contributed by atoms with Crippen LogP contribution in [0.4, 0.5) is 5.13 Å². The fourth-order valence-corrected chi connectivity index (χ4v) is 4.57. The van der Waals surface area contributed by atoms with Crippen LogP contribution < -0.4 is 5.73 Å². The number of hydrogen-bond donors (Lipinski definition) is 1. The van der Waals surface area contributed by atoms with Crippen molar-refractivity contribution in [3.8, 4) is 0 Å². The lowest BCUT2D eigenvalue weighted by molar-refractivity contribution is 0.468. The summed E-state index contributed by atoms with van der Waals surface area (Å²) in [5.74, 6) is 0. The number of aromatic nitrogens is 1. The number of hydrogen-bond acceptors (Lipinski definition) is 5. The predicted molar refractivity (Wildman–Crippen MR) is 81.4 cm³/mol. The fraction of sp³-hybridized carbons (Fsp3) is 0.250. The van der Waals surface area contributed by atoms with E-state index >= 15 is 0 Å². The van der Waals surface area contributed by atoms with E-state index in [2.05, 4.69) is 4.98 Å². The monoisotopic (exact) mass is 331 g/mol. The van der Waals surface area contributed by atoms with Crippen LogP contribution in [0.1, 0.15) is 11.3 Å². The van der Waals surface area contributed by atoms with Gasteiger partial charge in [0.1, 0.15) is 0 Å². The highest BCUT2D eigenvalue weighted by molar-refractivity contribution is 7.91. The summed E-state index contributed by atoms with van der Waals surface area (Å²) in [7, 11) is -2.11. The van der Waals surface area contributed by atoms with Crippen LogP contribution in [-0.4, -0.2) is 24.8 Å². The number of anilines is 1. The van der Waals surface area contributed by atoms with Crippen LogP contribution in [0.25, 0.3) is 0 Å². The largest absolute Gasteiger partial charge is 0.375 e. The topological polar surface area (TPSA) is 76.3 Å². The summed E-state index contributed by atoms with van der Waals surface area (Å²) in [6, 6.07) is 7.14. The summed E-state index contributed by atoms with van der Waals surface area (Å²) >= 11 is 7.02. The molecule has 0 unspecified atom stereocenters. The van der Waals surface area contributed by atoms with Crippen LogP contribution in [-0.2, 0) is 16.6 Å². The van der Waals surface area contributed by atoms with E-state index in [9.17, 15) is 8.42 Å². The van der Waals surface area contributed by atoms with Crippen molar-refractivity contribution >= 4 is 38.1 Å². The highest BCUT2D eigenvalue weighted by Crippen LogP contribution is 2.28. The summed E-state index contributed by atoms with van der Waals surface area (Å²) in [5, 5.41) is 0.780. The highest BCUT2D eigenvalue weighted by Gasteiger charge is 2.26. The number of nitrogens with two attached hydrogens (primary N) is 1. The molecule has 2 N–H and O–H groups in total. The van der Waals surface area contributed by atoms with Crippen LogP contribution in [0.5, 0.6) is 0 Å². The van der Waals surface area contributed by atoms with Crippen LogP contribution in [0, 0.1) is 6.92 Å². The van der Waals surface area contributed by atoms with E-state index in [0.29, 0.717) is 10.7 Å². The van der Waals surface area contributed by atoms with Gasteiger partial charge < -0.3 is 5.73 Å². The molecule has 0 aliphatic heterocycles. The summed E-state index contributed by atoms with van der Waals surface area (Å²) < 4.78 is 26.4. The Morgan fingerprint density at radius 3 is 2.60 bits per heavy atom. The van der Waals surface area contributed by atoms with Crippen LogP contribution in [0.2, 0.25) is 5.02 Å². The number of halogens is 1. The highest BCUT2D eigenvalue weighted by atomic mass is 35.5. The molecule has 2 rings (SSSR count). The Kier molecular flexibility index (Phi) is 4.33. The first-order valence-electron chi connectivity index (χ1n) is 5.75. The van der Waals surface area contributed by atoms with Crippen molar-refractivity contribution in [3.63, 3.8) is 0 Å². The minimum Gasteiger partial charge on any atom is -0.375 e. The summed E-state index contributed by atoms with van der Waals surface area (Å²) in [6.45, 7) is 1.82. The molecule has 108 valence electrons. The molecule has 0 saturated heterocycles. The zero-order valence-corrected chi connectivity index (χ0v) is 13.4. The van der Waals surface area contributed by atoms with Crippen molar-refractivity contribution in [1.29, 1.82) is 0 Å². The molecular weight excluding hydrogens is 318 g/mol. The minimum atomic E-state index is -3.61. The van der Waals surface area contributed by atoms with Gasteiger partial charge in [0.25, 0.3) is 10.0 Å². The lowest BCUT2D eigenvalue weighted by Gasteiger charge is -2.17. The smallest absolute Gasteiger partial charge is 0.254 e. The van der Waals surface area contributed by atoms with Gasteiger partial charge in [-0.25, -0.2) is 13.4 Å². The minimum absolute atomic E-state index is 0.171. The van der Waals surface area contributed by atoms with E-state index in [0.717, 1.165) is 16.9 Å². The summed E-state index contributed by atoms with van der Waals surface area (Å²) in [6.07, 6.45) is 0. The van der Waals surface area contributed by atoms with Crippen molar-refractivity contribution < 1.29 is 8.42 Å². The lowest BCUT2D eigenvalue weighted by atomic mass is 10.2. The van der Waals surface area contributed by atoms with Gasteiger partial charge in [-0.3, -0.25) is 0 Å². The molecule has 1 aromatic carbocycles. The predicted octanol–water partition coefficient (Wildman–Crippen LogP) is 2.51. The molecule has 1 heterocycles. The molecule has 0 radical (unpaired) electrons. The molecule has 8 heteroatoms. The number of rotatable bonds is 4. The second-order valence-electron chi connectivity index (χ2n) is 4.28. The maximum Gasteiger partial charge on any atom is 0.254 e. The van der Waals surface area contributed by atoms with Crippen molar-refractivity contribution in [1.82, 2.24) is 9.29 Å². The number of nitrogens with zero attached hydrogens (tertiary/aromatic N) is 2. The molecule has 0 atom stereocenters. The Bertz CT molecular complexity index is 728. The molecule has 0 bridgehead atoms. The van der Waals surface area contributed by atoms with Crippen molar-refractivity contribution in [2.75, 3.05) is 12.8 Å². The van der Waals surface area contributed by atoms with Crippen molar-refractivity contribution in [3.05, 3.63) is 40.5 Å². The van der Waals surface area contributed by atoms with Gasteiger partial charge in [-0.2, -0.15) is 4.31 Å². The normalized spacial score (nSPS) is 12.0. The third kappa shape index (κ3) is 2.95. The fourth-order valence-electron chi connectivity index (χ4n) is 1.73. The molecule has 2 aromatic rings. The second-order valence-corrected chi connectivity index (χ2v) is 7.96. The van der Waals surface area contributed by atoms with Gasteiger partial charge in [0, 0.05) is 18.6 Å². The molecule has 20 heavy (non-hydrogen) atoms. The molecule has 0 amide bonds. The number of aryl methyl sites for hydroxylation is 1. The maximum absolute atomic E-state index is 12.5. The first kappa shape index (κ1) is 15.2. The van der Waals surface area contributed by atoms with Crippen molar-refractivity contribution in [2.24, 2.45) is 0 Å². The van der Waals surface area contributed by atoms with Gasteiger partial charge in [0.2, 0.25) is 0 Å². The average Bonchev–Trinajstić information content (AvgIpc) is 2.72. The Labute approximate surface area is 127 Å². The molecular formula is C12H14ClN3O2S2. The Morgan fingerprint density at radius 2 is 2.05 bits per heavy atom. The molecule has 5 nitrogen and oxygen atoms in total. The molecule has 0 aliphatic rings. The summed E-state index contributed by atoms with van der Waals surface area (Å²) in [5.41, 5.74) is 6.72. The molecule has 0 saturated carbocycles. The number of nitrogen functional groups attached to an aromatic ring is 1. The molecule has 0 spiro atoms. The standard InChI is InChI=1S/C12H14ClN3O2S2/c1-8-11(19-12(14)15-8)20(17,18)16(2)7-9-5-3-4-6-10(9)13/h3-6H,7H2,1-2H3,(H2,14,15). The van der Waals surface area contributed by atoms with E-state index in [-0.39, 0.29) is 15.9 Å². The van der Waals surface area contributed by atoms with E-state index < -0.39 is 10.0 Å². The zero-order valence-electron chi connectivity index (χ0n) is 11.0. The molecule has 1 aromatic heterocycles. The van der Waals surface area contributed by atoms with Gasteiger partial charge in [0.15, 0.2) is 9.34 Å². The van der Waals surface area contributed by atoms with Gasteiger partial charge in [-0.1, -0.05) is 41.1 Å². The summed E-state index contributed by atoms with van der Waals surface area (Å²) in [4.78, 5) is 3.95. The first-order valence-corrected chi connectivity index (χ1v) is 8.38. The SMILES string of the molecule is Cc1nc(N)sc1S(=O)(=O)N(C)Cc1ccccc1Cl.